The fourth-order valence-corrected chi connectivity index (χ4v) is 1.87. The average Bonchev–Trinajstić information content (AvgIpc) is 2.47. The van der Waals surface area contributed by atoms with Gasteiger partial charge in [-0.25, -0.2) is 0 Å². The normalized spacial score (nSPS) is 11.4. The van der Waals surface area contributed by atoms with Crippen molar-refractivity contribution in [3.05, 3.63) is 59.4 Å². The number of aromatic nitrogens is 1. The van der Waals surface area contributed by atoms with Gasteiger partial charge < -0.3 is 10.5 Å². The summed E-state index contributed by atoms with van der Waals surface area (Å²) >= 11 is 0. The van der Waals surface area contributed by atoms with E-state index < -0.39 is 11.7 Å². The molecule has 2 rings (SSSR count). The summed E-state index contributed by atoms with van der Waals surface area (Å²) in [4.78, 5) is 4.15. The molecule has 0 amide bonds. The molecule has 0 saturated carbocycles. The van der Waals surface area contributed by atoms with Crippen LogP contribution in [-0.4, -0.2) is 11.6 Å². The fourth-order valence-electron chi connectivity index (χ4n) is 1.87. The monoisotopic (exact) mass is 296 g/mol. The van der Waals surface area contributed by atoms with Gasteiger partial charge in [0, 0.05) is 30.4 Å². The quantitative estimate of drug-likeness (QED) is 0.922. The van der Waals surface area contributed by atoms with Crippen molar-refractivity contribution >= 4 is 0 Å². The summed E-state index contributed by atoms with van der Waals surface area (Å²) in [6.07, 6.45) is -2.12. The lowest BCUT2D eigenvalue weighted by Crippen LogP contribution is -2.10. The first-order valence-electron chi connectivity index (χ1n) is 6.43. The largest absolute Gasteiger partial charge is 0.493 e. The van der Waals surface area contributed by atoms with E-state index in [4.69, 9.17) is 10.5 Å². The topological polar surface area (TPSA) is 48.1 Å². The molecule has 0 bridgehead atoms. The number of nitrogens with two attached hydrogens (primary N) is 1. The van der Waals surface area contributed by atoms with E-state index in [0.29, 0.717) is 24.3 Å². The summed E-state index contributed by atoms with van der Waals surface area (Å²) in [5.41, 5.74) is 5.96. The van der Waals surface area contributed by atoms with Crippen LogP contribution in [0, 0.1) is 0 Å². The molecular formula is C15H15F3N2O. The maximum atomic E-state index is 12.6. The Hall–Kier alpha value is -2.08. The molecule has 0 aliphatic carbocycles. The van der Waals surface area contributed by atoms with E-state index in [-0.39, 0.29) is 6.54 Å². The minimum absolute atomic E-state index is 0.0111. The van der Waals surface area contributed by atoms with E-state index in [1.807, 2.05) is 18.2 Å². The first-order chi connectivity index (χ1) is 10.0. The molecule has 0 atom stereocenters. The van der Waals surface area contributed by atoms with Crippen molar-refractivity contribution in [1.82, 2.24) is 4.98 Å². The molecule has 1 aromatic carbocycles. The number of ether oxygens (including phenoxy) is 1. The second-order valence-electron chi connectivity index (χ2n) is 4.44. The highest BCUT2D eigenvalue weighted by atomic mass is 19.4. The molecule has 0 aliphatic heterocycles. The Morgan fingerprint density at radius 3 is 2.57 bits per heavy atom. The molecule has 0 fully saturated rings. The second kappa shape index (κ2) is 6.58. The van der Waals surface area contributed by atoms with Gasteiger partial charge in [-0.1, -0.05) is 6.07 Å². The Labute approximate surface area is 120 Å². The minimum Gasteiger partial charge on any atom is -0.493 e. The molecule has 3 nitrogen and oxygen atoms in total. The Morgan fingerprint density at radius 1 is 1.14 bits per heavy atom. The van der Waals surface area contributed by atoms with Crippen LogP contribution >= 0.6 is 0 Å². The van der Waals surface area contributed by atoms with Gasteiger partial charge in [-0.05, 0) is 30.3 Å². The van der Waals surface area contributed by atoms with Gasteiger partial charge in [-0.15, -0.1) is 0 Å². The molecule has 1 heterocycles. The molecule has 2 aromatic rings. The number of hydrogen-bond donors (Lipinski definition) is 1. The lowest BCUT2D eigenvalue weighted by molar-refractivity contribution is -0.137. The molecule has 0 spiro atoms. The molecule has 112 valence electrons. The van der Waals surface area contributed by atoms with Gasteiger partial charge in [0.2, 0.25) is 0 Å². The third kappa shape index (κ3) is 4.19. The molecule has 21 heavy (non-hydrogen) atoms. The van der Waals surface area contributed by atoms with E-state index in [1.54, 1.807) is 6.20 Å². The summed E-state index contributed by atoms with van der Waals surface area (Å²) in [6.45, 7) is 0.318. The second-order valence-corrected chi connectivity index (χ2v) is 4.44. The van der Waals surface area contributed by atoms with Gasteiger partial charge >= 0.3 is 6.18 Å². The van der Waals surface area contributed by atoms with Crippen LogP contribution in [-0.2, 0) is 19.1 Å². The van der Waals surface area contributed by atoms with Crippen molar-refractivity contribution in [2.75, 3.05) is 6.61 Å². The van der Waals surface area contributed by atoms with E-state index in [2.05, 4.69) is 4.98 Å². The van der Waals surface area contributed by atoms with Gasteiger partial charge in [-0.2, -0.15) is 13.2 Å². The Bertz CT molecular complexity index is 585. The zero-order valence-corrected chi connectivity index (χ0v) is 11.2. The SMILES string of the molecule is NCc1cc(C(F)(F)F)ccc1OCCc1ccccn1. The zero-order chi connectivity index (χ0) is 15.3. The molecular weight excluding hydrogens is 281 g/mol. The van der Waals surface area contributed by atoms with Crippen LogP contribution in [0.4, 0.5) is 13.2 Å². The number of halogens is 3. The highest BCUT2D eigenvalue weighted by Crippen LogP contribution is 2.32. The van der Waals surface area contributed by atoms with Crippen LogP contribution in [0.3, 0.4) is 0 Å². The number of alkyl halides is 3. The van der Waals surface area contributed by atoms with Crippen molar-refractivity contribution in [2.24, 2.45) is 5.73 Å². The number of benzene rings is 1. The van der Waals surface area contributed by atoms with Gasteiger partial charge in [0.05, 0.1) is 12.2 Å². The van der Waals surface area contributed by atoms with Crippen LogP contribution in [0.1, 0.15) is 16.8 Å². The highest BCUT2D eigenvalue weighted by molar-refractivity contribution is 5.38. The minimum atomic E-state index is -4.38. The van der Waals surface area contributed by atoms with Crippen molar-refractivity contribution in [1.29, 1.82) is 0 Å². The predicted molar refractivity (Wildman–Crippen MR) is 72.8 cm³/mol. The third-order valence-corrected chi connectivity index (χ3v) is 2.95. The zero-order valence-electron chi connectivity index (χ0n) is 11.2. The highest BCUT2D eigenvalue weighted by Gasteiger charge is 2.30. The number of pyridine rings is 1. The number of rotatable bonds is 5. The van der Waals surface area contributed by atoms with Crippen LogP contribution < -0.4 is 10.5 Å². The molecule has 0 saturated heterocycles. The van der Waals surface area contributed by atoms with Gasteiger partial charge in [0.15, 0.2) is 0 Å². The first kappa shape index (κ1) is 15.3. The summed E-state index contributed by atoms with van der Waals surface area (Å²) in [5.74, 6) is 0.376. The van der Waals surface area contributed by atoms with Gasteiger partial charge in [0.1, 0.15) is 5.75 Å². The third-order valence-electron chi connectivity index (χ3n) is 2.95. The van der Waals surface area contributed by atoms with E-state index in [9.17, 15) is 13.2 Å². The Kier molecular flexibility index (Phi) is 4.80. The van der Waals surface area contributed by atoms with Crippen LogP contribution in [0.5, 0.6) is 5.75 Å². The van der Waals surface area contributed by atoms with Crippen molar-refractivity contribution < 1.29 is 17.9 Å². The molecule has 2 N–H and O–H groups in total. The predicted octanol–water partition coefficient (Wildman–Crippen LogP) is 3.18. The maximum Gasteiger partial charge on any atom is 0.416 e. The van der Waals surface area contributed by atoms with Gasteiger partial charge in [-0.3, -0.25) is 4.98 Å². The van der Waals surface area contributed by atoms with Gasteiger partial charge in [0.25, 0.3) is 0 Å². The van der Waals surface area contributed by atoms with E-state index >= 15 is 0 Å². The summed E-state index contributed by atoms with van der Waals surface area (Å²) in [7, 11) is 0. The molecule has 0 radical (unpaired) electrons. The Morgan fingerprint density at radius 2 is 1.95 bits per heavy atom. The fraction of sp³-hybridized carbons (Fsp3) is 0.267. The van der Waals surface area contributed by atoms with Crippen LogP contribution in [0.15, 0.2) is 42.6 Å². The van der Waals surface area contributed by atoms with Crippen molar-refractivity contribution in [2.45, 2.75) is 19.1 Å². The molecule has 1 aromatic heterocycles. The average molecular weight is 296 g/mol. The van der Waals surface area contributed by atoms with Crippen molar-refractivity contribution in [3.8, 4) is 5.75 Å². The molecule has 0 aliphatic rings. The lowest BCUT2D eigenvalue weighted by atomic mass is 10.1. The summed E-state index contributed by atoms with van der Waals surface area (Å²) < 4.78 is 43.4. The van der Waals surface area contributed by atoms with E-state index in [1.165, 1.54) is 6.07 Å². The van der Waals surface area contributed by atoms with E-state index in [0.717, 1.165) is 17.8 Å². The van der Waals surface area contributed by atoms with Crippen molar-refractivity contribution in [3.63, 3.8) is 0 Å². The summed E-state index contributed by atoms with van der Waals surface area (Å²) in [6, 6.07) is 8.87. The first-order valence-corrected chi connectivity index (χ1v) is 6.43. The molecule has 6 heteroatoms. The summed E-state index contributed by atoms with van der Waals surface area (Å²) in [5, 5.41) is 0. The number of nitrogens with zero attached hydrogens (tertiary/aromatic N) is 1. The molecule has 0 unspecified atom stereocenters. The standard InChI is InChI=1S/C15H15F3N2O/c16-15(17,18)12-4-5-14(11(9-12)10-19)21-8-6-13-3-1-2-7-20-13/h1-5,7,9H,6,8,10,19H2. The number of hydrogen-bond acceptors (Lipinski definition) is 3. The van der Waals surface area contributed by atoms with Crippen LogP contribution in [0.2, 0.25) is 0 Å². The maximum absolute atomic E-state index is 12.6. The Balaban J connectivity index is 2.03. The smallest absolute Gasteiger partial charge is 0.416 e. The van der Waals surface area contributed by atoms with Crippen LogP contribution in [0.25, 0.3) is 0 Å². The lowest BCUT2D eigenvalue weighted by Gasteiger charge is -2.13.